The van der Waals surface area contributed by atoms with Gasteiger partial charge in [0, 0.05) is 28.4 Å². The van der Waals surface area contributed by atoms with Crippen molar-refractivity contribution in [3.63, 3.8) is 0 Å². The van der Waals surface area contributed by atoms with Crippen molar-refractivity contribution in [1.29, 1.82) is 0 Å². The van der Waals surface area contributed by atoms with Crippen LogP contribution in [0.4, 0.5) is 17.5 Å². The molecule has 1 aromatic heterocycles. The topological polar surface area (TPSA) is 126 Å². The summed E-state index contributed by atoms with van der Waals surface area (Å²) < 4.78 is 1.08. The summed E-state index contributed by atoms with van der Waals surface area (Å²) in [6, 6.07) is 7.55. The Morgan fingerprint density at radius 2 is 2.04 bits per heavy atom. The monoisotopic (exact) mass is 493 g/mol. The molecule has 1 fully saturated rings. The van der Waals surface area contributed by atoms with E-state index in [9.17, 15) is 9.59 Å². The summed E-state index contributed by atoms with van der Waals surface area (Å²) in [4.78, 5) is 29.6. The Balaban J connectivity index is 1.78. The lowest BCUT2D eigenvalue weighted by molar-refractivity contribution is -0.127. The number of nitrogens with one attached hydrogen (secondary N) is 2. The fourth-order valence-corrected chi connectivity index (χ4v) is 3.28. The summed E-state index contributed by atoms with van der Waals surface area (Å²) in [5.74, 6) is -0.340. The highest BCUT2D eigenvalue weighted by atomic mass is 127. The molecular formula is C18H20IN7O2. The standard InChI is InChI=1S/C18H20IN7O2/c1-2-14(27)26-9-3-4-13(10-26)22-18-23-17(15(16(20)28)24-25-18)21-12-7-5-11(19)6-8-12/h2,5-8,13H,1,3-4,9-10H2,(H2,20,28)(H2,21,22,23,25)/t13-/m1/s1. The lowest BCUT2D eigenvalue weighted by atomic mass is 10.1. The maximum atomic E-state index is 11.8. The van der Waals surface area contributed by atoms with Gasteiger partial charge in [0.1, 0.15) is 0 Å². The van der Waals surface area contributed by atoms with Crippen molar-refractivity contribution in [3.05, 3.63) is 46.2 Å². The largest absolute Gasteiger partial charge is 0.364 e. The molecule has 2 amide bonds. The zero-order chi connectivity index (χ0) is 20.1. The smallest absolute Gasteiger partial charge is 0.273 e. The first-order valence-corrected chi connectivity index (χ1v) is 9.79. The molecule has 4 N–H and O–H groups in total. The van der Waals surface area contributed by atoms with Crippen molar-refractivity contribution in [3.8, 4) is 0 Å². The van der Waals surface area contributed by atoms with Gasteiger partial charge in [-0.15, -0.1) is 10.2 Å². The summed E-state index contributed by atoms with van der Waals surface area (Å²) in [7, 11) is 0. The predicted molar refractivity (Wildman–Crippen MR) is 114 cm³/mol. The Labute approximate surface area is 175 Å². The molecule has 1 aromatic carbocycles. The lowest BCUT2D eigenvalue weighted by Crippen LogP contribution is -2.44. The van der Waals surface area contributed by atoms with Crippen LogP contribution in [-0.2, 0) is 4.79 Å². The predicted octanol–water partition coefficient (Wildman–Crippen LogP) is 1.91. The van der Waals surface area contributed by atoms with Crippen molar-refractivity contribution in [2.24, 2.45) is 5.73 Å². The SMILES string of the molecule is C=CC(=O)N1CCC[C@@H](Nc2nnc(C(N)=O)c(Nc3ccc(I)cc3)n2)C1. The first-order valence-electron chi connectivity index (χ1n) is 8.71. The van der Waals surface area contributed by atoms with Gasteiger partial charge < -0.3 is 21.3 Å². The minimum Gasteiger partial charge on any atom is -0.364 e. The Kier molecular flexibility index (Phi) is 6.39. The fourth-order valence-electron chi connectivity index (χ4n) is 2.92. The maximum absolute atomic E-state index is 11.8. The molecule has 1 aliphatic rings. The van der Waals surface area contributed by atoms with Crippen LogP contribution in [-0.4, -0.2) is 51.0 Å². The van der Waals surface area contributed by atoms with E-state index in [2.05, 4.69) is 55.0 Å². The average molecular weight is 493 g/mol. The number of amides is 2. The normalized spacial score (nSPS) is 16.3. The molecule has 2 heterocycles. The quantitative estimate of drug-likeness (QED) is 0.415. The van der Waals surface area contributed by atoms with Crippen LogP contribution in [0.2, 0.25) is 0 Å². The molecule has 146 valence electrons. The molecule has 0 spiro atoms. The van der Waals surface area contributed by atoms with Gasteiger partial charge in [0.2, 0.25) is 11.9 Å². The highest BCUT2D eigenvalue weighted by molar-refractivity contribution is 14.1. The number of halogens is 1. The van der Waals surface area contributed by atoms with E-state index in [0.29, 0.717) is 13.1 Å². The van der Waals surface area contributed by atoms with Crippen LogP contribution in [0.5, 0.6) is 0 Å². The molecule has 3 rings (SSSR count). The summed E-state index contributed by atoms with van der Waals surface area (Å²) in [6.45, 7) is 4.75. The number of piperidine rings is 1. The number of aromatic nitrogens is 3. The lowest BCUT2D eigenvalue weighted by Gasteiger charge is -2.32. The molecule has 2 aromatic rings. The molecule has 0 radical (unpaired) electrons. The third kappa shape index (κ3) is 4.94. The number of hydrogen-bond donors (Lipinski definition) is 3. The summed E-state index contributed by atoms with van der Waals surface area (Å²) in [6.07, 6.45) is 3.03. The zero-order valence-electron chi connectivity index (χ0n) is 15.1. The number of anilines is 3. The number of primary amides is 1. The van der Waals surface area contributed by atoms with Crippen LogP contribution in [0, 0.1) is 3.57 Å². The fraction of sp³-hybridized carbons (Fsp3) is 0.278. The maximum Gasteiger partial charge on any atom is 0.273 e. The van der Waals surface area contributed by atoms with E-state index < -0.39 is 5.91 Å². The number of rotatable bonds is 6. The van der Waals surface area contributed by atoms with Crippen LogP contribution in [0.15, 0.2) is 36.9 Å². The molecule has 0 unspecified atom stereocenters. The van der Waals surface area contributed by atoms with E-state index in [4.69, 9.17) is 5.73 Å². The summed E-state index contributed by atoms with van der Waals surface area (Å²) in [5.41, 5.74) is 6.10. The minimum absolute atomic E-state index is 0.0231. The first-order chi connectivity index (χ1) is 13.5. The van der Waals surface area contributed by atoms with Crippen molar-refractivity contribution in [2.45, 2.75) is 18.9 Å². The third-order valence-electron chi connectivity index (χ3n) is 4.27. The van der Waals surface area contributed by atoms with Gasteiger partial charge in [0.15, 0.2) is 11.5 Å². The Morgan fingerprint density at radius 1 is 1.29 bits per heavy atom. The van der Waals surface area contributed by atoms with Gasteiger partial charge in [-0.3, -0.25) is 9.59 Å². The van der Waals surface area contributed by atoms with Gasteiger partial charge in [-0.2, -0.15) is 4.98 Å². The Hall–Kier alpha value is -2.76. The molecule has 0 saturated carbocycles. The summed E-state index contributed by atoms with van der Waals surface area (Å²) >= 11 is 2.21. The second-order valence-electron chi connectivity index (χ2n) is 6.30. The Morgan fingerprint density at radius 3 is 2.71 bits per heavy atom. The van der Waals surface area contributed by atoms with Gasteiger partial charge in [0.25, 0.3) is 5.91 Å². The highest BCUT2D eigenvalue weighted by Crippen LogP contribution is 2.20. The molecule has 9 nitrogen and oxygen atoms in total. The van der Waals surface area contributed by atoms with E-state index in [0.717, 1.165) is 22.1 Å². The number of nitrogens with zero attached hydrogens (tertiary/aromatic N) is 4. The number of benzene rings is 1. The zero-order valence-corrected chi connectivity index (χ0v) is 17.2. The van der Waals surface area contributed by atoms with Gasteiger partial charge in [0.05, 0.1) is 0 Å². The van der Waals surface area contributed by atoms with Crippen LogP contribution < -0.4 is 16.4 Å². The third-order valence-corrected chi connectivity index (χ3v) is 4.99. The van der Waals surface area contributed by atoms with Crippen molar-refractivity contribution in [1.82, 2.24) is 20.1 Å². The molecule has 1 atom stereocenters. The van der Waals surface area contributed by atoms with E-state index in [1.54, 1.807) is 4.90 Å². The Bertz CT molecular complexity index is 888. The second-order valence-corrected chi connectivity index (χ2v) is 7.55. The van der Waals surface area contributed by atoms with Gasteiger partial charge in [-0.1, -0.05) is 6.58 Å². The number of carbonyl (C=O) groups is 2. The molecule has 0 aliphatic carbocycles. The minimum atomic E-state index is -0.722. The number of nitrogens with two attached hydrogens (primary N) is 1. The van der Waals surface area contributed by atoms with E-state index >= 15 is 0 Å². The van der Waals surface area contributed by atoms with Crippen molar-refractivity contribution in [2.75, 3.05) is 23.7 Å². The van der Waals surface area contributed by atoms with Gasteiger partial charge in [-0.25, -0.2) is 0 Å². The van der Waals surface area contributed by atoms with Crippen LogP contribution in [0.3, 0.4) is 0 Å². The number of likely N-dealkylation sites (tertiary alicyclic amines) is 1. The van der Waals surface area contributed by atoms with Crippen molar-refractivity contribution >= 4 is 51.9 Å². The average Bonchev–Trinajstić information content (AvgIpc) is 2.69. The number of hydrogen-bond acceptors (Lipinski definition) is 7. The highest BCUT2D eigenvalue weighted by Gasteiger charge is 2.23. The molecule has 28 heavy (non-hydrogen) atoms. The van der Waals surface area contributed by atoms with E-state index in [1.807, 2.05) is 24.3 Å². The van der Waals surface area contributed by atoms with Crippen LogP contribution in [0.25, 0.3) is 0 Å². The molecule has 1 aliphatic heterocycles. The van der Waals surface area contributed by atoms with Gasteiger partial charge >= 0.3 is 0 Å². The van der Waals surface area contributed by atoms with Crippen molar-refractivity contribution < 1.29 is 9.59 Å². The second kappa shape index (κ2) is 8.95. The summed E-state index contributed by atoms with van der Waals surface area (Å²) in [5, 5.41) is 14.1. The van der Waals surface area contributed by atoms with E-state index in [-0.39, 0.29) is 29.4 Å². The molecule has 1 saturated heterocycles. The molecule has 0 bridgehead atoms. The molecule has 10 heteroatoms. The van der Waals surface area contributed by atoms with Crippen LogP contribution >= 0.6 is 22.6 Å². The molecular weight excluding hydrogens is 473 g/mol. The first kappa shape index (κ1) is 20.0. The number of carbonyl (C=O) groups excluding carboxylic acids is 2. The van der Waals surface area contributed by atoms with Crippen LogP contribution in [0.1, 0.15) is 23.3 Å². The van der Waals surface area contributed by atoms with Gasteiger partial charge in [-0.05, 0) is 65.8 Å². The van der Waals surface area contributed by atoms with E-state index in [1.165, 1.54) is 6.08 Å².